The SMILES string of the molecule is Cc1cc(OCC(=O)O/N=C(\N)c2cccnc2)ccc1Br. The number of carbonyl (C=O) groups excluding carboxylic acids is 1. The number of rotatable bonds is 5. The van der Waals surface area contributed by atoms with Crippen molar-refractivity contribution in [2.45, 2.75) is 6.92 Å². The van der Waals surface area contributed by atoms with E-state index in [1.807, 2.05) is 19.1 Å². The maximum Gasteiger partial charge on any atom is 0.372 e. The summed E-state index contributed by atoms with van der Waals surface area (Å²) < 4.78 is 6.29. The summed E-state index contributed by atoms with van der Waals surface area (Å²) in [6.07, 6.45) is 3.13. The molecule has 1 aromatic heterocycles. The van der Waals surface area contributed by atoms with Gasteiger partial charge in [0, 0.05) is 22.4 Å². The first-order chi connectivity index (χ1) is 10.6. The van der Waals surface area contributed by atoms with Crippen molar-refractivity contribution in [3.05, 3.63) is 58.3 Å². The first-order valence-electron chi connectivity index (χ1n) is 6.39. The summed E-state index contributed by atoms with van der Waals surface area (Å²) in [5.74, 6) is -0.00444. The van der Waals surface area contributed by atoms with E-state index in [1.165, 1.54) is 6.20 Å². The Morgan fingerprint density at radius 3 is 2.91 bits per heavy atom. The van der Waals surface area contributed by atoms with Gasteiger partial charge in [-0.1, -0.05) is 21.1 Å². The average molecular weight is 364 g/mol. The Balaban J connectivity index is 1.86. The van der Waals surface area contributed by atoms with E-state index in [9.17, 15) is 4.79 Å². The quantitative estimate of drug-likeness (QED) is 0.381. The standard InChI is InChI=1S/C15H14BrN3O3/c1-10-7-12(4-5-13(10)16)21-9-14(20)22-19-15(17)11-3-2-6-18-8-11/h2-8H,9H2,1H3,(H2,17,19). The maximum absolute atomic E-state index is 11.6. The minimum atomic E-state index is -0.646. The fraction of sp³-hybridized carbons (Fsp3) is 0.133. The molecule has 0 aliphatic heterocycles. The number of aromatic nitrogens is 1. The third-order valence-corrected chi connectivity index (χ3v) is 3.58. The molecular formula is C15H14BrN3O3. The lowest BCUT2D eigenvalue weighted by Crippen LogP contribution is -2.18. The smallest absolute Gasteiger partial charge is 0.372 e. The molecule has 0 bridgehead atoms. The largest absolute Gasteiger partial charge is 0.482 e. The highest BCUT2D eigenvalue weighted by molar-refractivity contribution is 9.10. The number of hydrogen-bond donors (Lipinski definition) is 1. The van der Waals surface area contributed by atoms with Gasteiger partial charge in [0.25, 0.3) is 0 Å². The van der Waals surface area contributed by atoms with Gasteiger partial charge in [-0.15, -0.1) is 0 Å². The van der Waals surface area contributed by atoms with Gasteiger partial charge in [0.2, 0.25) is 0 Å². The first kappa shape index (κ1) is 16.0. The van der Waals surface area contributed by atoms with E-state index in [0.29, 0.717) is 11.3 Å². The summed E-state index contributed by atoms with van der Waals surface area (Å²) >= 11 is 3.39. The Morgan fingerprint density at radius 1 is 1.41 bits per heavy atom. The van der Waals surface area contributed by atoms with Crippen LogP contribution in [0.5, 0.6) is 5.75 Å². The molecule has 0 spiro atoms. The first-order valence-corrected chi connectivity index (χ1v) is 7.18. The second-order valence-corrected chi connectivity index (χ2v) is 5.24. The molecular weight excluding hydrogens is 350 g/mol. The molecule has 0 unspecified atom stereocenters. The van der Waals surface area contributed by atoms with Gasteiger partial charge in [0.05, 0.1) is 0 Å². The molecule has 0 radical (unpaired) electrons. The molecule has 0 amide bonds. The van der Waals surface area contributed by atoms with Crippen molar-refractivity contribution in [2.24, 2.45) is 10.9 Å². The molecule has 0 fully saturated rings. The zero-order valence-electron chi connectivity index (χ0n) is 11.8. The van der Waals surface area contributed by atoms with E-state index >= 15 is 0 Å². The number of ether oxygens (including phenoxy) is 1. The molecule has 2 rings (SSSR count). The number of pyridine rings is 1. The fourth-order valence-electron chi connectivity index (χ4n) is 1.54. The van der Waals surface area contributed by atoms with E-state index in [0.717, 1.165) is 10.0 Å². The van der Waals surface area contributed by atoms with E-state index in [4.69, 9.17) is 15.3 Å². The van der Waals surface area contributed by atoms with Crippen LogP contribution in [-0.4, -0.2) is 23.4 Å². The molecule has 1 aromatic carbocycles. The topological polar surface area (TPSA) is 86.8 Å². The van der Waals surface area contributed by atoms with Crippen molar-refractivity contribution in [3.8, 4) is 5.75 Å². The molecule has 7 heteroatoms. The minimum Gasteiger partial charge on any atom is -0.482 e. The van der Waals surface area contributed by atoms with Crippen molar-refractivity contribution in [1.82, 2.24) is 4.98 Å². The van der Waals surface area contributed by atoms with Crippen molar-refractivity contribution < 1.29 is 14.4 Å². The van der Waals surface area contributed by atoms with Gasteiger partial charge in [-0.2, -0.15) is 0 Å². The van der Waals surface area contributed by atoms with Crippen LogP contribution in [-0.2, 0) is 9.63 Å². The number of aryl methyl sites for hydroxylation is 1. The van der Waals surface area contributed by atoms with Crippen LogP contribution in [0.3, 0.4) is 0 Å². The summed E-state index contributed by atoms with van der Waals surface area (Å²) in [4.78, 5) is 20.2. The van der Waals surface area contributed by atoms with E-state index < -0.39 is 5.97 Å². The normalized spacial score (nSPS) is 11.1. The van der Waals surface area contributed by atoms with Crippen molar-refractivity contribution in [2.75, 3.05) is 6.61 Å². The van der Waals surface area contributed by atoms with Gasteiger partial charge >= 0.3 is 5.97 Å². The number of amidine groups is 1. The van der Waals surface area contributed by atoms with E-state index in [1.54, 1.807) is 24.4 Å². The summed E-state index contributed by atoms with van der Waals surface area (Å²) in [5, 5.41) is 3.56. The fourth-order valence-corrected chi connectivity index (χ4v) is 1.79. The van der Waals surface area contributed by atoms with Crippen LogP contribution in [0.2, 0.25) is 0 Å². The molecule has 22 heavy (non-hydrogen) atoms. The van der Waals surface area contributed by atoms with E-state index in [2.05, 4.69) is 26.1 Å². The van der Waals surface area contributed by atoms with Crippen LogP contribution >= 0.6 is 15.9 Å². The summed E-state index contributed by atoms with van der Waals surface area (Å²) in [6.45, 7) is 1.67. The van der Waals surface area contributed by atoms with E-state index in [-0.39, 0.29) is 12.4 Å². The number of nitrogens with zero attached hydrogens (tertiary/aromatic N) is 2. The van der Waals surface area contributed by atoms with Gasteiger partial charge < -0.3 is 15.3 Å². The molecule has 2 N–H and O–H groups in total. The molecule has 0 saturated carbocycles. The van der Waals surface area contributed by atoms with Crippen molar-refractivity contribution in [1.29, 1.82) is 0 Å². The summed E-state index contributed by atoms with van der Waals surface area (Å²) in [6, 6.07) is 8.82. The number of benzene rings is 1. The average Bonchev–Trinajstić information content (AvgIpc) is 2.54. The molecule has 2 aromatic rings. The Morgan fingerprint density at radius 2 is 2.23 bits per heavy atom. The predicted molar refractivity (Wildman–Crippen MR) is 85.4 cm³/mol. The van der Waals surface area contributed by atoms with Gasteiger partial charge in [-0.3, -0.25) is 4.98 Å². The third-order valence-electron chi connectivity index (χ3n) is 2.69. The lowest BCUT2D eigenvalue weighted by molar-refractivity contribution is -0.146. The molecule has 0 atom stereocenters. The van der Waals surface area contributed by atoms with Crippen molar-refractivity contribution in [3.63, 3.8) is 0 Å². The number of carbonyl (C=O) groups is 1. The van der Waals surface area contributed by atoms with Crippen LogP contribution in [0.1, 0.15) is 11.1 Å². The van der Waals surface area contributed by atoms with Gasteiger partial charge in [-0.05, 0) is 42.8 Å². The Kier molecular flexibility index (Phi) is 5.48. The minimum absolute atomic E-state index is 0.0703. The second kappa shape index (κ2) is 7.56. The zero-order chi connectivity index (χ0) is 15.9. The number of nitrogens with two attached hydrogens (primary N) is 1. The summed E-state index contributed by atoms with van der Waals surface area (Å²) in [5.41, 5.74) is 7.25. The zero-order valence-corrected chi connectivity index (χ0v) is 13.4. The van der Waals surface area contributed by atoms with Crippen LogP contribution in [0.4, 0.5) is 0 Å². The van der Waals surface area contributed by atoms with Gasteiger partial charge in [0.15, 0.2) is 12.4 Å². The third kappa shape index (κ3) is 4.56. The number of halogens is 1. The molecule has 6 nitrogen and oxygen atoms in total. The van der Waals surface area contributed by atoms with Crippen molar-refractivity contribution >= 4 is 27.7 Å². The lowest BCUT2D eigenvalue weighted by Gasteiger charge is -2.06. The lowest BCUT2D eigenvalue weighted by atomic mass is 10.2. The van der Waals surface area contributed by atoms with Crippen LogP contribution in [0.25, 0.3) is 0 Å². The number of oxime groups is 1. The Hall–Kier alpha value is -2.41. The highest BCUT2D eigenvalue weighted by Gasteiger charge is 2.06. The second-order valence-electron chi connectivity index (χ2n) is 4.38. The van der Waals surface area contributed by atoms with Crippen LogP contribution in [0.15, 0.2) is 52.4 Å². The monoisotopic (exact) mass is 363 g/mol. The van der Waals surface area contributed by atoms with Gasteiger partial charge in [0.1, 0.15) is 5.75 Å². The van der Waals surface area contributed by atoms with Crippen LogP contribution in [0, 0.1) is 6.92 Å². The molecule has 114 valence electrons. The summed E-state index contributed by atoms with van der Waals surface area (Å²) in [7, 11) is 0. The highest BCUT2D eigenvalue weighted by Crippen LogP contribution is 2.21. The maximum atomic E-state index is 11.6. The predicted octanol–water partition coefficient (Wildman–Crippen LogP) is 2.40. The highest BCUT2D eigenvalue weighted by atomic mass is 79.9. The Labute approximate surface area is 136 Å². The number of hydrogen-bond acceptors (Lipinski definition) is 5. The molecule has 0 aliphatic carbocycles. The molecule has 1 heterocycles. The molecule has 0 saturated heterocycles. The molecule has 0 aliphatic rings. The Bertz CT molecular complexity index is 690. The van der Waals surface area contributed by atoms with Crippen LogP contribution < -0.4 is 10.5 Å². The van der Waals surface area contributed by atoms with Gasteiger partial charge in [-0.25, -0.2) is 4.79 Å².